The average molecular weight is 390 g/mol. The Hall–Kier alpha value is -1.94. The topological polar surface area (TPSA) is 87.8 Å². The van der Waals surface area contributed by atoms with E-state index in [1.165, 1.54) is 16.1 Å². The van der Waals surface area contributed by atoms with Crippen molar-refractivity contribution in [2.75, 3.05) is 19.3 Å². The molecule has 9 heteroatoms. The Morgan fingerprint density at radius 2 is 2.12 bits per heavy atom. The first-order chi connectivity index (χ1) is 12.5. The lowest BCUT2D eigenvalue weighted by Crippen LogP contribution is -2.29. The number of β-amino-alcohol motifs (C(OH)–C–C–N with tert-alkyl or cyclic N) is 1. The van der Waals surface area contributed by atoms with Crippen LogP contribution in [0.1, 0.15) is 6.42 Å². The molecule has 0 radical (unpaired) electrons. The van der Waals surface area contributed by atoms with E-state index in [1.54, 1.807) is 28.9 Å². The maximum atomic E-state index is 12.8. The number of aliphatic hydroxyl groups is 1. The number of nitrogens with zero attached hydrogens (tertiary/aromatic N) is 4. The summed E-state index contributed by atoms with van der Waals surface area (Å²) in [7, 11) is -3.62. The number of aromatic nitrogens is 3. The van der Waals surface area contributed by atoms with Crippen molar-refractivity contribution in [1.29, 1.82) is 0 Å². The SMILES string of the molecule is CSc1ncc2ccc(-c3cccc(S(=O)(=O)N4CC[C@H](O)C4)c3)n2n1. The minimum atomic E-state index is -3.62. The number of sulfonamides is 1. The Labute approximate surface area is 155 Å². The molecule has 1 fully saturated rings. The predicted molar refractivity (Wildman–Crippen MR) is 99.6 cm³/mol. The number of aliphatic hydroxyl groups excluding tert-OH is 1. The van der Waals surface area contributed by atoms with Crippen LogP contribution in [-0.4, -0.2) is 57.9 Å². The highest BCUT2D eigenvalue weighted by Crippen LogP contribution is 2.27. The largest absolute Gasteiger partial charge is 0.392 e. The summed E-state index contributed by atoms with van der Waals surface area (Å²) in [6, 6.07) is 10.6. The monoisotopic (exact) mass is 390 g/mol. The van der Waals surface area contributed by atoms with Crippen molar-refractivity contribution in [2.45, 2.75) is 22.6 Å². The Kier molecular flexibility index (Phi) is 4.47. The average Bonchev–Trinajstić information content (AvgIpc) is 3.27. The van der Waals surface area contributed by atoms with E-state index in [0.29, 0.717) is 18.1 Å². The molecule has 136 valence electrons. The fourth-order valence-electron chi connectivity index (χ4n) is 3.09. The van der Waals surface area contributed by atoms with Gasteiger partial charge in [-0.3, -0.25) is 0 Å². The minimum Gasteiger partial charge on any atom is -0.392 e. The second kappa shape index (κ2) is 6.66. The maximum Gasteiger partial charge on any atom is 0.243 e. The third-order valence-corrected chi connectivity index (χ3v) is 6.87. The molecule has 0 aliphatic carbocycles. The summed E-state index contributed by atoms with van der Waals surface area (Å²) in [6.45, 7) is 0.483. The quantitative estimate of drug-likeness (QED) is 0.685. The van der Waals surface area contributed by atoms with Gasteiger partial charge in [0.05, 0.1) is 28.4 Å². The first kappa shape index (κ1) is 17.5. The number of benzene rings is 1. The lowest BCUT2D eigenvalue weighted by molar-refractivity contribution is 0.189. The zero-order valence-electron chi connectivity index (χ0n) is 14.1. The van der Waals surface area contributed by atoms with Gasteiger partial charge in [-0.05, 0) is 36.9 Å². The summed E-state index contributed by atoms with van der Waals surface area (Å²) >= 11 is 1.45. The highest BCUT2D eigenvalue weighted by molar-refractivity contribution is 7.98. The summed E-state index contributed by atoms with van der Waals surface area (Å²) in [5, 5.41) is 14.8. The first-order valence-electron chi connectivity index (χ1n) is 8.16. The molecular weight excluding hydrogens is 372 g/mol. The number of fused-ring (bicyclic) bond motifs is 1. The van der Waals surface area contributed by atoms with E-state index in [9.17, 15) is 13.5 Å². The molecule has 1 aromatic carbocycles. The van der Waals surface area contributed by atoms with Gasteiger partial charge < -0.3 is 5.11 Å². The van der Waals surface area contributed by atoms with Gasteiger partial charge in [0.25, 0.3) is 0 Å². The molecule has 1 aliphatic heterocycles. The molecule has 0 bridgehead atoms. The van der Waals surface area contributed by atoms with E-state index < -0.39 is 16.1 Å². The third kappa shape index (κ3) is 3.01. The molecule has 2 aromatic heterocycles. The molecule has 3 aromatic rings. The van der Waals surface area contributed by atoms with E-state index >= 15 is 0 Å². The van der Waals surface area contributed by atoms with Crippen molar-refractivity contribution in [1.82, 2.24) is 18.9 Å². The Morgan fingerprint density at radius 1 is 1.27 bits per heavy atom. The van der Waals surface area contributed by atoms with Crippen molar-refractivity contribution in [2.24, 2.45) is 0 Å². The zero-order valence-corrected chi connectivity index (χ0v) is 15.7. The smallest absolute Gasteiger partial charge is 0.243 e. The molecule has 0 amide bonds. The fraction of sp³-hybridized carbons (Fsp3) is 0.294. The van der Waals surface area contributed by atoms with Crippen LogP contribution in [0, 0.1) is 0 Å². The highest BCUT2D eigenvalue weighted by atomic mass is 32.2. The molecule has 0 unspecified atom stereocenters. The van der Waals surface area contributed by atoms with Gasteiger partial charge in [-0.2, -0.15) is 4.31 Å². The van der Waals surface area contributed by atoms with E-state index in [4.69, 9.17) is 0 Å². The molecule has 1 N–H and O–H groups in total. The lowest BCUT2D eigenvalue weighted by Gasteiger charge is -2.16. The van der Waals surface area contributed by atoms with Crippen molar-refractivity contribution < 1.29 is 13.5 Å². The Bertz CT molecular complexity index is 1060. The van der Waals surface area contributed by atoms with Crippen molar-refractivity contribution in [3.05, 3.63) is 42.6 Å². The van der Waals surface area contributed by atoms with Crippen LogP contribution in [0.2, 0.25) is 0 Å². The summed E-state index contributed by atoms with van der Waals surface area (Å²) in [4.78, 5) is 4.47. The third-order valence-electron chi connectivity index (χ3n) is 4.45. The lowest BCUT2D eigenvalue weighted by atomic mass is 10.2. The molecule has 26 heavy (non-hydrogen) atoms. The molecule has 1 atom stereocenters. The van der Waals surface area contributed by atoms with Gasteiger partial charge in [0.2, 0.25) is 15.2 Å². The summed E-state index contributed by atoms with van der Waals surface area (Å²) < 4.78 is 28.8. The second-order valence-corrected chi connectivity index (χ2v) is 8.84. The Morgan fingerprint density at radius 3 is 2.85 bits per heavy atom. The van der Waals surface area contributed by atoms with Crippen LogP contribution in [0.15, 0.2) is 52.6 Å². The van der Waals surface area contributed by atoms with Crippen LogP contribution in [0.5, 0.6) is 0 Å². The van der Waals surface area contributed by atoms with Crippen molar-refractivity contribution >= 4 is 27.3 Å². The van der Waals surface area contributed by atoms with Crippen molar-refractivity contribution in [3.63, 3.8) is 0 Å². The van der Waals surface area contributed by atoms with Crippen LogP contribution < -0.4 is 0 Å². The summed E-state index contributed by atoms with van der Waals surface area (Å²) in [6.07, 6.45) is 3.52. The van der Waals surface area contributed by atoms with Crippen LogP contribution >= 0.6 is 11.8 Å². The zero-order chi connectivity index (χ0) is 18.3. The molecule has 1 saturated heterocycles. The van der Waals surface area contributed by atoms with E-state index in [-0.39, 0.29) is 11.4 Å². The predicted octanol–water partition coefficient (Wildman–Crippen LogP) is 1.87. The van der Waals surface area contributed by atoms with Gasteiger partial charge >= 0.3 is 0 Å². The van der Waals surface area contributed by atoms with E-state index in [0.717, 1.165) is 16.8 Å². The molecule has 3 heterocycles. The van der Waals surface area contributed by atoms with Crippen LogP contribution in [0.25, 0.3) is 16.8 Å². The van der Waals surface area contributed by atoms with Gasteiger partial charge in [0.15, 0.2) is 0 Å². The van der Waals surface area contributed by atoms with Crippen LogP contribution in [0.4, 0.5) is 0 Å². The van der Waals surface area contributed by atoms with Crippen molar-refractivity contribution in [3.8, 4) is 11.3 Å². The minimum absolute atomic E-state index is 0.144. The molecule has 1 aliphatic rings. The molecule has 0 saturated carbocycles. The highest BCUT2D eigenvalue weighted by Gasteiger charge is 2.31. The van der Waals surface area contributed by atoms with Gasteiger partial charge in [-0.25, -0.2) is 17.9 Å². The van der Waals surface area contributed by atoms with Gasteiger partial charge in [-0.1, -0.05) is 23.9 Å². The number of rotatable bonds is 4. The summed E-state index contributed by atoms with van der Waals surface area (Å²) in [5.41, 5.74) is 2.40. The fourth-order valence-corrected chi connectivity index (χ4v) is 4.95. The first-order valence-corrected chi connectivity index (χ1v) is 10.8. The maximum absolute atomic E-state index is 12.8. The van der Waals surface area contributed by atoms with Gasteiger partial charge in [0.1, 0.15) is 0 Å². The van der Waals surface area contributed by atoms with Crippen LogP contribution in [-0.2, 0) is 10.0 Å². The normalized spacial score (nSPS) is 18.6. The molecule has 4 rings (SSSR count). The van der Waals surface area contributed by atoms with E-state index in [1.807, 2.05) is 24.5 Å². The number of hydrogen-bond acceptors (Lipinski definition) is 6. The Balaban J connectivity index is 1.77. The summed E-state index contributed by atoms with van der Waals surface area (Å²) in [5.74, 6) is 0. The standard InChI is InChI=1S/C17H18N4O3S2/c1-25-17-18-10-13-5-6-16(21(13)19-17)12-3-2-4-15(9-12)26(23,24)20-8-7-14(22)11-20/h2-6,9-10,14,22H,7-8,11H2,1H3/t14-/m0/s1. The van der Waals surface area contributed by atoms with E-state index in [2.05, 4.69) is 10.1 Å². The number of thioether (sulfide) groups is 1. The van der Waals surface area contributed by atoms with Crippen LogP contribution in [0.3, 0.4) is 0 Å². The van der Waals surface area contributed by atoms with Gasteiger partial charge in [0, 0.05) is 18.7 Å². The number of hydrogen-bond donors (Lipinski definition) is 1. The molecular formula is C17H18N4O3S2. The molecule has 0 spiro atoms. The second-order valence-electron chi connectivity index (χ2n) is 6.13. The molecule has 7 nitrogen and oxygen atoms in total. The van der Waals surface area contributed by atoms with Gasteiger partial charge in [-0.15, -0.1) is 5.10 Å².